The van der Waals surface area contributed by atoms with Gasteiger partial charge in [-0.15, -0.1) is 0 Å². The third-order valence-electron chi connectivity index (χ3n) is 6.52. The Bertz CT molecular complexity index is 919. The fraction of sp³-hybridized carbons (Fsp3) is 0.542. The first-order valence-corrected chi connectivity index (χ1v) is 11.8. The normalized spacial score (nSPS) is 20.8. The Morgan fingerprint density at radius 3 is 2.72 bits per heavy atom. The Morgan fingerprint density at radius 1 is 1.28 bits per heavy atom. The summed E-state index contributed by atoms with van der Waals surface area (Å²) in [4.78, 5) is 22.5. The monoisotopic (exact) mass is 460 g/mol. The molecule has 1 aromatic carbocycles. The summed E-state index contributed by atoms with van der Waals surface area (Å²) in [6, 6.07) is 4.77. The van der Waals surface area contributed by atoms with Gasteiger partial charge in [-0.05, 0) is 62.0 Å². The highest BCUT2D eigenvalue weighted by molar-refractivity contribution is 6.30. The minimum atomic E-state index is -0.394. The van der Waals surface area contributed by atoms with Crippen molar-refractivity contribution in [2.75, 3.05) is 31.1 Å². The number of nitrogens with one attached hydrogen (secondary N) is 1. The molecule has 1 aromatic heterocycles. The molecule has 2 aliphatic rings. The summed E-state index contributed by atoms with van der Waals surface area (Å²) in [5.41, 5.74) is 0.390. The second-order valence-corrected chi connectivity index (χ2v) is 9.14. The Morgan fingerprint density at radius 2 is 2.03 bits per heavy atom. The number of carbonyl (C=O) groups excluding carboxylic acids is 1. The predicted molar refractivity (Wildman–Crippen MR) is 122 cm³/mol. The molecule has 172 valence electrons. The molecule has 0 spiro atoms. The lowest BCUT2D eigenvalue weighted by Gasteiger charge is -2.32. The van der Waals surface area contributed by atoms with Crippen LogP contribution in [0.2, 0.25) is 5.02 Å². The van der Waals surface area contributed by atoms with E-state index in [1.807, 2.05) is 6.92 Å². The summed E-state index contributed by atoms with van der Waals surface area (Å²) in [6.07, 6.45) is 7.91. The van der Waals surface area contributed by atoms with E-state index in [1.165, 1.54) is 12.5 Å². The molecule has 2 atom stereocenters. The van der Waals surface area contributed by atoms with Gasteiger partial charge in [0.2, 0.25) is 11.9 Å². The number of likely N-dealkylation sites (N-methyl/N-ethyl adjacent to an activating group) is 1. The van der Waals surface area contributed by atoms with Crippen LogP contribution in [0.4, 0.5) is 10.3 Å². The lowest BCUT2D eigenvalue weighted by Crippen LogP contribution is -2.35. The second-order valence-electron chi connectivity index (χ2n) is 8.71. The van der Waals surface area contributed by atoms with Crippen LogP contribution in [0, 0.1) is 23.6 Å². The van der Waals surface area contributed by atoms with Crippen LogP contribution in [0.3, 0.4) is 0 Å². The molecule has 1 saturated carbocycles. The number of amides is 1. The number of nitrogens with zero attached hydrogens (tertiary/aromatic N) is 3. The number of piperidine rings is 1. The van der Waals surface area contributed by atoms with Gasteiger partial charge in [-0.3, -0.25) is 4.79 Å². The van der Waals surface area contributed by atoms with Gasteiger partial charge in [-0.2, -0.15) is 0 Å². The van der Waals surface area contributed by atoms with Gasteiger partial charge in [-0.25, -0.2) is 14.4 Å². The van der Waals surface area contributed by atoms with Crippen LogP contribution in [-0.4, -0.2) is 42.1 Å². The maximum absolute atomic E-state index is 14.2. The molecule has 1 N–H and O–H groups in total. The molecule has 32 heavy (non-hydrogen) atoms. The molecule has 0 bridgehead atoms. The van der Waals surface area contributed by atoms with Gasteiger partial charge in [0.1, 0.15) is 11.6 Å². The zero-order chi connectivity index (χ0) is 22.5. The van der Waals surface area contributed by atoms with Crippen molar-refractivity contribution in [1.29, 1.82) is 0 Å². The molecule has 8 heteroatoms. The first kappa shape index (κ1) is 22.8. The van der Waals surface area contributed by atoms with Crippen LogP contribution in [0.1, 0.15) is 38.2 Å². The number of rotatable bonds is 9. The number of hydrogen-bond donors (Lipinski definition) is 1. The lowest BCUT2D eigenvalue weighted by molar-refractivity contribution is -0.120. The highest BCUT2D eigenvalue weighted by atomic mass is 35.5. The molecular weight excluding hydrogens is 431 g/mol. The number of benzene rings is 1. The van der Waals surface area contributed by atoms with Crippen molar-refractivity contribution in [3.8, 4) is 5.75 Å². The zero-order valence-electron chi connectivity index (χ0n) is 18.4. The first-order chi connectivity index (χ1) is 15.5. The summed E-state index contributed by atoms with van der Waals surface area (Å²) >= 11 is 5.88. The van der Waals surface area contributed by atoms with E-state index in [4.69, 9.17) is 16.3 Å². The molecule has 1 amide bonds. The summed E-state index contributed by atoms with van der Waals surface area (Å²) in [5.74, 6) is 2.92. The van der Waals surface area contributed by atoms with Gasteiger partial charge >= 0.3 is 0 Å². The van der Waals surface area contributed by atoms with E-state index < -0.39 is 5.82 Å². The minimum absolute atomic E-state index is 0.0483. The number of carbonyl (C=O) groups is 1. The maximum atomic E-state index is 14.2. The molecule has 2 aromatic rings. The molecule has 2 fully saturated rings. The van der Waals surface area contributed by atoms with Crippen molar-refractivity contribution in [2.45, 2.75) is 39.0 Å². The minimum Gasteiger partial charge on any atom is -0.493 e. The molecule has 1 aliphatic carbocycles. The molecular formula is C24H30ClFN4O2. The largest absolute Gasteiger partial charge is 0.493 e. The molecule has 1 saturated heterocycles. The van der Waals surface area contributed by atoms with Crippen molar-refractivity contribution >= 4 is 23.5 Å². The summed E-state index contributed by atoms with van der Waals surface area (Å²) in [5, 5.41) is 3.24. The highest BCUT2D eigenvalue weighted by Gasteiger charge is 2.43. The van der Waals surface area contributed by atoms with Crippen LogP contribution >= 0.6 is 11.6 Å². The number of ether oxygens (including phenoxy) is 1. The van der Waals surface area contributed by atoms with E-state index in [-0.39, 0.29) is 12.3 Å². The van der Waals surface area contributed by atoms with Gasteiger partial charge in [0, 0.05) is 25.7 Å². The fourth-order valence-electron chi connectivity index (χ4n) is 4.70. The van der Waals surface area contributed by atoms with Gasteiger partial charge in [0.05, 0.1) is 30.4 Å². The number of halogens is 2. The van der Waals surface area contributed by atoms with Gasteiger partial charge in [-0.1, -0.05) is 17.7 Å². The summed E-state index contributed by atoms with van der Waals surface area (Å²) in [7, 11) is 0. The van der Waals surface area contributed by atoms with Crippen LogP contribution < -0.4 is 15.0 Å². The average molecular weight is 461 g/mol. The summed E-state index contributed by atoms with van der Waals surface area (Å²) in [6.45, 7) is 4.93. The van der Waals surface area contributed by atoms with Gasteiger partial charge < -0.3 is 15.0 Å². The lowest BCUT2D eigenvalue weighted by atomic mass is 9.90. The maximum Gasteiger partial charge on any atom is 0.225 e. The van der Waals surface area contributed by atoms with E-state index in [2.05, 4.69) is 20.2 Å². The summed E-state index contributed by atoms with van der Waals surface area (Å²) < 4.78 is 20.0. The van der Waals surface area contributed by atoms with E-state index in [0.29, 0.717) is 35.4 Å². The average Bonchev–Trinajstić information content (AvgIpc) is 3.56. The highest BCUT2D eigenvalue weighted by Crippen LogP contribution is 2.49. The van der Waals surface area contributed by atoms with Crippen molar-refractivity contribution in [2.24, 2.45) is 17.8 Å². The Kier molecular flexibility index (Phi) is 7.45. The smallest absolute Gasteiger partial charge is 0.225 e. The Hall–Kier alpha value is -2.41. The van der Waals surface area contributed by atoms with Crippen LogP contribution in [-0.2, 0) is 11.2 Å². The molecule has 1 aliphatic heterocycles. The topological polar surface area (TPSA) is 67.3 Å². The second kappa shape index (κ2) is 10.5. The number of hydrogen-bond acceptors (Lipinski definition) is 5. The predicted octanol–water partition coefficient (Wildman–Crippen LogP) is 4.27. The standard InChI is InChI=1S/C24H30ClFN4O2/c1-2-27-23(31)12-18-3-4-20(13-22(18)26)32-10-7-17-11-21(17)16-5-8-30(9-6-16)24-28-14-19(25)15-29-24/h3-4,13-17,21H,2,5-12H2,1H3,(H,27,31). The van der Waals surface area contributed by atoms with Crippen LogP contribution in [0.25, 0.3) is 0 Å². The van der Waals surface area contributed by atoms with Gasteiger partial charge in [0.15, 0.2) is 0 Å². The first-order valence-electron chi connectivity index (χ1n) is 11.4. The molecule has 4 rings (SSSR count). The number of aromatic nitrogens is 2. The quantitative estimate of drug-likeness (QED) is 0.605. The third-order valence-corrected chi connectivity index (χ3v) is 6.71. The fourth-order valence-corrected chi connectivity index (χ4v) is 4.80. The molecule has 0 radical (unpaired) electrons. The van der Waals surface area contributed by atoms with E-state index in [1.54, 1.807) is 24.5 Å². The third kappa shape index (κ3) is 5.88. The van der Waals surface area contributed by atoms with E-state index in [9.17, 15) is 9.18 Å². The molecule has 2 heterocycles. The van der Waals surface area contributed by atoms with Gasteiger partial charge in [0.25, 0.3) is 0 Å². The van der Waals surface area contributed by atoms with Crippen molar-refractivity contribution in [3.63, 3.8) is 0 Å². The van der Waals surface area contributed by atoms with Crippen molar-refractivity contribution in [1.82, 2.24) is 15.3 Å². The Labute approximate surface area is 193 Å². The van der Waals surface area contributed by atoms with Crippen LogP contribution in [0.5, 0.6) is 5.75 Å². The SMILES string of the molecule is CCNC(=O)Cc1ccc(OCCC2CC2C2CCN(c3ncc(Cl)cn3)CC2)cc1F. The molecule has 6 nitrogen and oxygen atoms in total. The van der Waals surface area contributed by atoms with E-state index >= 15 is 0 Å². The molecule has 2 unspecified atom stereocenters. The van der Waals surface area contributed by atoms with Crippen molar-refractivity contribution in [3.05, 3.63) is 47.0 Å². The van der Waals surface area contributed by atoms with Crippen molar-refractivity contribution < 1.29 is 13.9 Å². The van der Waals surface area contributed by atoms with E-state index in [0.717, 1.165) is 50.1 Å². The number of anilines is 1. The Balaban J connectivity index is 1.16. The zero-order valence-corrected chi connectivity index (χ0v) is 19.2. The van der Waals surface area contributed by atoms with Crippen LogP contribution in [0.15, 0.2) is 30.6 Å².